The highest BCUT2D eigenvalue weighted by atomic mass is 16.5. The summed E-state index contributed by atoms with van der Waals surface area (Å²) in [4.78, 5) is 25.6. The van der Waals surface area contributed by atoms with Crippen molar-refractivity contribution in [3.05, 3.63) is 42.0 Å². The van der Waals surface area contributed by atoms with Gasteiger partial charge in [-0.1, -0.05) is 12.2 Å². The van der Waals surface area contributed by atoms with Gasteiger partial charge in [0.2, 0.25) is 0 Å². The first kappa shape index (κ1) is 14.9. The van der Waals surface area contributed by atoms with Crippen molar-refractivity contribution >= 4 is 18.0 Å². The molecular formula is C20H20N2O3. The standard InChI is InChI=1S/C20H20N2O3/c1-2-25-12-5-3-11(4-6-12)10-21-22-19(23)17-13-7-8-14(16-9-15(13)16)18(17)20(22)24/h3-8,10,13-18H,2,9H2,1H3/b21-10-/t13-,14-,15-,16-,17-,18+/m1/s1. The van der Waals surface area contributed by atoms with E-state index >= 15 is 0 Å². The molecule has 0 radical (unpaired) electrons. The van der Waals surface area contributed by atoms with Crippen molar-refractivity contribution in [2.45, 2.75) is 13.3 Å². The molecule has 6 atom stereocenters. The van der Waals surface area contributed by atoms with Gasteiger partial charge in [-0.25, -0.2) is 0 Å². The highest BCUT2D eigenvalue weighted by Gasteiger charge is 2.67. The molecule has 0 N–H and O–H groups in total. The molecule has 3 fully saturated rings. The number of benzene rings is 1. The maximum Gasteiger partial charge on any atom is 0.254 e. The molecule has 0 unspecified atom stereocenters. The lowest BCUT2D eigenvalue weighted by Gasteiger charge is -2.37. The quantitative estimate of drug-likeness (QED) is 0.482. The Hall–Kier alpha value is -2.43. The third kappa shape index (κ3) is 2.11. The molecule has 1 saturated heterocycles. The highest BCUT2D eigenvalue weighted by molar-refractivity contribution is 6.06. The average Bonchev–Trinajstić information content (AvgIpc) is 3.41. The summed E-state index contributed by atoms with van der Waals surface area (Å²) in [6.07, 6.45) is 7.10. The summed E-state index contributed by atoms with van der Waals surface area (Å²) in [5.41, 5.74) is 0.836. The molecule has 5 heteroatoms. The molecule has 5 aliphatic rings. The van der Waals surface area contributed by atoms with Crippen LogP contribution in [0.4, 0.5) is 0 Å². The van der Waals surface area contributed by atoms with Gasteiger partial charge in [0.25, 0.3) is 11.8 Å². The van der Waals surface area contributed by atoms with Crippen LogP contribution in [0, 0.1) is 35.5 Å². The molecular weight excluding hydrogens is 316 g/mol. The van der Waals surface area contributed by atoms with Crippen molar-refractivity contribution < 1.29 is 14.3 Å². The molecule has 0 aromatic heterocycles. The number of ether oxygens (including phenoxy) is 1. The number of nitrogens with zero attached hydrogens (tertiary/aromatic N) is 2. The van der Waals surface area contributed by atoms with Crippen molar-refractivity contribution in [1.82, 2.24) is 5.01 Å². The van der Waals surface area contributed by atoms with Crippen LogP contribution in [0.25, 0.3) is 0 Å². The molecule has 0 spiro atoms. The minimum absolute atomic E-state index is 0.123. The van der Waals surface area contributed by atoms with Crippen LogP contribution in [0.2, 0.25) is 0 Å². The maximum atomic E-state index is 12.8. The van der Waals surface area contributed by atoms with Gasteiger partial charge in [0.1, 0.15) is 5.75 Å². The summed E-state index contributed by atoms with van der Waals surface area (Å²) in [6.45, 7) is 2.55. The van der Waals surface area contributed by atoms with E-state index in [0.717, 1.165) is 16.3 Å². The van der Waals surface area contributed by atoms with Crippen molar-refractivity contribution in [2.75, 3.05) is 6.61 Å². The molecule has 5 nitrogen and oxygen atoms in total. The fourth-order valence-electron chi connectivity index (χ4n) is 5.00. The second-order valence-electron chi connectivity index (χ2n) is 7.39. The van der Waals surface area contributed by atoms with Crippen LogP contribution in [-0.4, -0.2) is 29.6 Å². The van der Waals surface area contributed by atoms with E-state index in [-0.39, 0.29) is 35.5 Å². The van der Waals surface area contributed by atoms with E-state index in [1.165, 1.54) is 6.42 Å². The van der Waals surface area contributed by atoms with Gasteiger partial charge >= 0.3 is 0 Å². The first-order chi connectivity index (χ1) is 12.2. The average molecular weight is 336 g/mol. The molecule has 1 aromatic carbocycles. The molecule has 1 aromatic rings. The summed E-state index contributed by atoms with van der Waals surface area (Å²) in [5, 5.41) is 5.35. The van der Waals surface area contributed by atoms with E-state index in [1.807, 2.05) is 31.2 Å². The minimum atomic E-state index is -0.191. The predicted octanol–water partition coefficient (Wildman–Crippen LogP) is 2.47. The van der Waals surface area contributed by atoms with E-state index in [2.05, 4.69) is 17.3 Å². The number of hydrogen-bond donors (Lipinski definition) is 0. The number of hydrogen-bond acceptors (Lipinski definition) is 4. The molecule has 25 heavy (non-hydrogen) atoms. The van der Waals surface area contributed by atoms with Gasteiger partial charge in [-0.2, -0.15) is 10.1 Å². The largest absolute Gasteiger partial charge is 0.494 e. The summed E-state index contributed by atoms with van der Waals surface area (Å²) < 4.78 is 5.41. The summed E-state index contributed by atoms with van der Waals surface area (Å²) >= 11 is 0. The van der Waals surface area contributed by atoms with E-state index in [4.69, 9.17) is 4.74 Å². The molecule has 2 bridgehead atoms. The van der Waals surface area contributed by atoms with Crippen LogP contribution in [0.5, 0.6) is 5.75 Å². The highest BCUT2D eigenvalue weighted by Crippen LogP contribution is 2.65. The second kappa shape index (κ2) is 5.28. The Morgan fingerprint density at radius 1 is 1.08 bits per heavy atom. The van der Waals surface area contributed by atoms with Crippen molar-refractivity contribution in [3.8, 4) is 5.75 Å². The molecule has 6 rings (SSSR count). The number of carbonyl (C=O) groups is 2. The first-order valence-electron chi connectivity index (χ1n) is 9.02. The lowest BCUT2D eigenvalue weighted by atomic mass is 9.63. The molecule has 128 valence electrons. The van der Waals surface area contributed by atoms with Gasteiger partial charge in [0.15, 0.2) is 0 Å². The van der Waals surface area contributed by atoms with E-state index in [9.17, 15) is 9.59 Å². The number of hydrazone groups is 1. The zero-order chi connectivity index (χ0) is 17.1. The van der Waals surface area contributed by atoms with Crippen LogP contribution < -0.4 is 4.74 Å². The second-order valence-corrected chi connectivity index (χ2v) is 7.39. The first-order valence-corrected chi connectivity index (χ1v) is 9.02. The van der Waals surface area contributed by atoms with Crippen LogP contribution in [0.1, 0.15) is 18.9 Å². The van der Waals surface area contributed by atoms with Crippen LogP contribution in [0.3, 0.4) is 0 Å². The molecule has 2 saturated carbocycles. The number of amides is 2. The molecule has 2 amide bonds. The normalized spacial score (nSPS) is 37.6. The third-order valence-corrected chi connectivity index (χ3v) is 6.15. The maximum absolute atomic E-state index is 12.8. The smallest absolute Gasteiger partial charge is 0.254 e. The molecule has 1 heterocycles. The predicted molar refractivity (Wildman–Crippen MR) is 91.8 cm³/mol. The Balaban J connectivity index is 1.37. The Morgan fingerprint density at radius 3 is 2.24 bits per heavy atom. The SMILES string of the molecule is CCOc1ccc(/C=N\N2C(=O)[C@@H]3[C@@H]4C=C[C@H]([C@H]5C[C@H]45)[C@@H]3C2=O)cc1. The van der Waals surface area contributed by atoms with Gasteiger partial charge in [-0.3, -0.25) is 9.59 Å². The zero-order valence-electron chi connectivity index (χ0n) is 14.0. The van der Waals surface area contributed by atoms with Crippen molar-refractivity contribution in [3.63, 3.8) is 0 Å². The fourth-order valence-corrected chi connectivity index (χ4v) is 5.00. The van der Waals surface area contributed by atoms with Gasteiger partial charge < -0.3 is 4.74 Å². The van der Waals surface area contributed by atoms with Crippen molar-refractivity contribution in [1.29, 1.82) is 0 Å². The lowest BCUT2D eigenvalue weighted by molar-refractivity contribution is -0.140. The van der Waals surface area contributed by atoms with Gasteiger partial charge in [-0.05, 0) is 66.8 Å². The fraction of sp³-hybridized carbons (Fsp3) is 0.450. The van der Waals surface area contributed by atoms with Gasteiger partial charge in [0.05, 0.1) is 24.7 Å². The summed E-state index contributed by atoms with van der Waals surface area (Å²) in [6, 6.07) is 7.45. The van der Waals surface area contributed by atoms with Gasteiger partial charge in [-0.15, -0.1) is 0 Å². The Bertz CT molecular complexity index is 762. The number of allylic oxidation sites excluding steroid dienone is 2. The van der Waals surface area contributed by atoms with Crippen LogP contribution in [-0.2, 0) is 9.59 Å². The topological polar surface area (TPSA) is 59.0 Å². The zero-order valence-corrected chi connectivity index (χ0v) is 14.0. The third-order valence-electron chi connectivity index (χ3n) is 6.15. The Morgan fingerprint density at radius 2 is 1.68 bits per heavy atom. The lowest BCUT2D eigenvalue weighted by Crippen LogP contribution is -2.40. The van der Waals surface area contributed by atoms with E-state index in [1.54, 1.807) is 6.21 Å². The van der Waals surface area contributed by atoms with E-state index in [0.29, 0.717) is 18.4 Å². The number of imide groups is 1. The number of rotatable bonds is 4. The Kier molecular flexibility index (Phi) is 3.14. The van der Waals surface area contributed by atoms with Gasteiger partial charge in [0, 0.05) is 0 Å². The molecule has 4 aliphatic carbocycles. The van der Waals surface area contributed by atoms with Crippen molar-refractivity contribution in [2.24, 2.45) is 40.6 Å². The monoisotopic (exact) mass is 336 g/mol. The molecule has 1 aliphatic heterocycles. The van der Waals surface area contributed by atoms with Crippen LogP contribution in [0.15, 0.2) is 41.5 Å². The Labute approximate surface area is 146 Å². The summed E-state index contributed by atoms with van der Waals surface area (Å²) in [5.74, 6) is 1.87. The van der Waals surface area contributed by atoms with E-state index < -0.39 is 0 Å². The van der Waals surface area contributed by atoms with Crippen LogP contribution >= 0.6 is 0 Å². The minimum Gasteiger partial charge on any atom is -0.494 e. The summed E-state index contributed by atoms with van der Waals surface area (Å²) in [7, 11) is 0. The number of carbonyl (C=O) groups excluding carboxylic acids is 2.